The Bertz CT molecular complexity index is 841. The molecule has 0 atom stereocenters. The molecule has 26 heavy (non-hydrogen) atoms. The van der Waals surface area contributed by atoms with Gasteiger partial charge in [-0.3, -0.25) is 14.3 Å². The zero-order valence-corrected chi connectivity index (χ0v) is 15.6. The van der Waals surface area contributed by atoms with Crippen molar-refractivity contribution in [2.45, 2.75) is 18.9 Å². The van der Waals surface area contributed by atoms with Crippen molar-refractivity contribution >= 4 is 33.4 Å². The summed E-state index contributed by atoms with van der Waals surface area (Å²) in [6, 6.07) is 4.67. The Morgan fingerprint density at radius 1 is 1.35 bits per heavy atom. The molecule has 0 spiro atoms. The summed E-state index contributed by atoms with van der Waals surface area (Å²) in [4.78, 5) is 25.9. The number of anilines is 1. The number of aromatic hydroxyl groups is 1. The van der Waals surface area contributed by atoms with Crippen molar-refractivity contribution in [1.82, 2.24) is 14.7 Å². The summed E-state index contributed by atoms with van der Waals surface area (Å²) in [5, 5.41) is 17.0. The summed E-state index contributed by atoms with van der Waals surface area (Å²) >= 11 is 3.39. The number of rotatable bonds is 4. The molecule has 1 aliphatic rings. The van der Waals surface area contributed by atoms with E-state index in [9.17, 15) is 14.7 Å². The maximum absolute atomic E-state index is 12.8. The van der Waals surface area contributed by atoms with Crippen LogP contribution in [0.1, 0.15) is 29.2 Å². The van der Waals surface area contributed by atoms with Crippen LogP contribution in [0.15, 0.2) is 47.7 Å². The van der Waals surface area contributed by atoms with Gasteiger partial charge in [-0.05, 0) is 53.0 Å². The number of amides is 2. The molecule has 2 heterocycles. The second-order valence-corrected chi connectivity index (χ2v) is 7.00. The lowest BCUT2D eigenvalue weighted by Crippen LogP contribution is -2.39. The molecular formula is C18H19BrN4O3. The van der Waals surface area contributed by atoms with Gasteiger partial charge < -0.3 is 15.3 Å². The zero-order valence-electron chi connectivity index (χ0n) is 14.1. The second-order valence-electron chi connectivity index (χ2n) is 6.09. The normalized spacial score (nSPS) is 14.9. The molecule has 1 aromatic heterocycles. The highest BCUT2D eigenvalue weighted by Gasteiger charge is 2.26. The fourth-order valence-electron chi connectivity index (χ4n) is 3.00. The summed E-state index contributed by atoms with van der Waals surface area (Å²) in [7, 11) is 0. The summed E-state index contributed by atoms with van der Waals surface area (Å²) < 4.78 is 2.84. The van der Waals surface area contributed by atoms with Gasteiger partial charge in [-0.15, -0.1) is 0 Å². The standard InChI is InChI=1S/C18H19BrN4O3/c1-2-17(25)21-13-3-4-16(24)15(9-13)18(26)22-7-5-14(6-8-22)23-11-12(19)10-20-23/h2-4,9-11,14,24H,1,5-8H2,(H,21,25). The van der Waals surface area contributed by atoms with Crippen LogP contribution in [0.3, 0.4) is 0 Å². The second kappa shape index (κ2) is 7.74. The monoisotopic (exact) mass is 418 g/mol. The molecule has 0 unspecified atom stereocenters. The van der Waals surface area contributed by atoms with Gasteiger partial charge in [0.05, 0.1) is 22.3 Å². The molecular weight excluding hydrogens is 400 g/mol. The molecule has 136 valence electrons. The predicted molar refractivity (Wildman–Crippen MR) is 101 cm³/mol. The van der Waals surface area contributed by atoms with Gasteiger partial charge in [-0.2, -0.15) is 5.10 Å². The molecule has 2 aromatic rings. The lowest BCUT2D eigenvalue weighted by molar-refractivity contribution is -0.111. The van der Waals surface area contributed by atoms with Crippen molar-refractivity contribution < 1.29 is 14.7 Å². The third-order valence-corrected chi connectivity index (χ3v) is 4.79. The zero-order chi connectivity index (χ0) is 18.7. The number of hydrogen-bond donors (Lipinski definition) is 2. The number of hydrogen-bond acceptors (Lipinski definition) is 4. The van der Waals surface area contributed by atoms with E-state index in [1.54, 1.807) is 11.1 Å². The number of halogens is 1. The van der Waals surface area contributed by atoms with Gasteiger partial charge in [0, 0.05) is 25.0 Å². The van der Waals surface area contributed by atoms with E-state index < -0.39 is 0 Å². The highest BCUT2D eigenvalue weighted by Crippen LogP contribution is 2.27. The van der Waals surface area contributed by atoms with Crippen molar-refractivity contribution in [1.29, 1.82) is 0 Å². The van der Waals surface area contributed by atoms with Gasteiger partial charge in [-0.25, -0.2) is 0 Å². The molecule has 0 radical (unpaired) electrons. The van der Waals surface area contributed by atoms with Crippen molar-refractivity contribution in [2.24, 2.45) is 0 Å². The molecule has 0 bridgehead atoms. The lowest BCUT2D eigenvalue weighted by atomic mass is 10.0. The highest BCUT2D eigenvalue weighted by molar-refractivity contribution is 9.10. The summed E-state index contributed by atoms with van der Waals surface area (Å²) in [6.07, 6.45) is 6.39. The predicted octanol–water partition coefficient (Wildman–Crippen LogP) is 2.95. The van der Waals surface area contributed by atoms with Gasteiger partial charge in [0.25, 0.3) is 5.91 Å². The van der Waals surface area contributed by atoms with Crippen LogP contribution in [-0.2, 0) is 4.79 Å². The number of likely N-dealkylation sites (tertiary alicyclic amines) is 1. The van der Waals surface area contributed by atoms with Gasteiger partial charge in [0.1, 0.15) is 5.75 Å². The maximum atomic E-state index is 12.8. The average molecular weight is 419 g/mol. The molecule has 2 amide bonds. The molecule has 1 fully saturated rings. The number of carbonyl (C=O) groups is 2. The maximum Gasteiger partial charge on any atom is 0.257 e. The van der Waals surface area contributed by atoms with Gasteiger partial charge in [0.15, 0.2) is 0 Å². The molecule has 2 N–H and O–H groups in total. The van der Waals surface area contributed by atoms with Crippen LogP contribution in [0.5, 0.6) is 5.75 Å². The van der Waals surface area contributed by atoms with Crippen molar-refractivity contribution in [3.05, 3.63) is 53.3 Å². The molecule has 1 aromatic carbocycles. The minimum atomic E-state index is -0.375. The van der Waals surface area contributed by atoms with E-state index in [1.165, 1.54) is 18.2 Å². The Labute approximate surface area is 159 Å². The topological polar surface area (TPSA) is 87.5 Å². The first-order valence-corrected chi connectivity index (χ1v) is 9.02. The first kappa shape index (κ1) is 18.2. The largest absolute Gasteiger partial charge is 0.507 e. The van der Waals surface area contributed by atoms with Gasteiger partial charge in [-0.1, -0.05) is 6.58 Å². The van der Waals surface area contributed by atoms with E-state index in [2.05, 4.69) is 32.9 Å². The third-order valence-electron chi connectivity index (χ3n) is 4.38. The molecule has 1 saturated heterocycles. The SMILES string of the molecule is C=CC(=O)Nc1ccc(O)c(C(=O)N2CCC(n3cc(Br)cn3)CC2)c1. The van der Waals surface area contributed by atoms with Crippen LogP contribution in [0.25, 0.3) is 0 Å². The first-order chi connectivity index (χ1) is 12.5. The average Bonchev–Trinajstić information content (AvgIpc) is 3.09. The van der Waals surface area contributed by atoms with Crippen LogP contribution >= 0.6 is 15.9 Å². The lowest BCUT2D eigenvalue weighted by Gasteiger charge is -2.32. The molecule has 0 saturated carbocycles. The molecule has 3 rings (SSSR count). The Morgan fingerprint density at radius 3 is 2.69 bits per heavy atom. The Kier molecular flexibility index (Phi) is 5.41. The minimum Gasteiger partial charge on any atom is -0.507 e. The van der Waals surface area contributed by atoms with E-state index in [4.69, 9.17) is 0 Å². The van der Waals surface area contributed by atoms with Crippen molar-refractivity contribution in [2.75, 3.05) is 18.4 Å². The van der Waals surface area contributed by atoms with Crippen LogP contribution in [0.4, 0.5) is 5.69 Å². The number of carbonyl (C=O) groups excluding carboxylic acids is 2. The summed E-state index contributed by atoms with van der Waals surface area (Å²) in [6.45, 7) is 4.54. The minimum absolute atomic E-state index is 0.107. The molecule has 0 aliphatic carbocycles. The number of benzene rings is 1. The number of piperidine rings is 1. The van der Waals surface area contributed by atoms with E-state index >= 15 is 0 Å². The molecule has 1 aliphatic heterocycles. The van der Waals surface area contributed by atoms with Crippen LogP contribution in [0.2, 0.25) is 0 Å². The number of nitrogens with one attached hydrogen (secondary N) is 1. The fourth-order valence-corrected chi connectivity index (χ4v) is 3.30. The Morgan fingerprint density at radius 2 is 2.08 bits per heavy atom. The van der Waals surface area contributed by atoms with Crippen molar-refractivity contribution in [3.63, 3.8) is 0 Å². The van der Waals surface area contributed by atoms with Crippen LogP contribution in [0, 0.1) is 0 Å². The highest BCUT2D eigenvalue weighted by atomic mass is 79.9. The first-order valence-electron chi connectivity index (χ1n) is 8.23. The summed E-state index contributed by atoms with van der Waals surface area (Å²) in [5.74, 6) is -0.734. The van der Waals surface area contributed by atoms with Crippen molar-refractivity contribution in [3.8, 4) is 5.75 Å². The fraction of sp³-hybridized carbons (Fsp3) is 0.278. The smallest absolute Gasteiger partial charge is 0.257 e. The van der Waals surface area contributed by atoms with Crippen LogP contribution < -0.4 is 5.32 Å². The quantitative estimate of drug-likeness (QED) is 0.589. The molecule has 7 nitrogen and oxygen atoms in total. The van der Waals surface area contributed by atoms with Gasteiger partial charge >= 0.3 is 0 Å². The Balaban J connectivity index is 1.69. The van der Waals surface area contributed by atoms with E-state index in [-0.39, 0.29) is 29.2 Å². The number of phenolic OH excluding ortho intramolecular Hbond substituents is 1. The van der Waals surface area contributed by atoms with E-state index in [0.29, 0.717) is 18.8 Å². The Hall–Kier alpha value is -2.61. The van der Waals surface area contributed by atoms with Crippen LogP contribution in [-0.4, -0.2) is 44.7 Å². The molecule has 8 heteroatoms. The van der Waals surface area contributed by atoms with E-state index in [0.717, 1.165) is 23.4 Å². The summed E-state index contributed by atoms with van der Waals surface area (Å²) in [5.41, 5.74) is 0.611. The van der Waals surface area contributed by atoms with Gasteiger partial charge in [0.2, 0.25) is 5.91 Å². The number of aromatic nitrogens is 2. The number of phenols is 1. The van der Waals surface area contributed by atoms with E-state index in [1.807, 2.05) is 10.9 Å². The number of nitrogens with zero attached hydrogens (tertiary/aromatic N) is 3. The third kappa shape index (κ3) is 3.96.